The normalized spacial score (nSPS) is 10.4. The quantitative estimate of drug-likeness (QED) is 0.842. The van der Waals surface area contributed by atoms with Gasteiger partial charge < -0.3 is 5.32 Å². The molecule has 0 aliphatic carbocycles. The molecular formula is C10H8BrNOS. The highest BCUT2D eigenvalue weighted by Crippen LogP contribution is 2.39. The molecule has 2 nitrogen and oxygen atoms in total. The third kappa shape index (κ3) is 1.67. The number of halogens is 1. The maximum absolute atomic E-state index is 10.9. The van der Waals surface area contributed by atoms with Crippen molar-refractivity contribution in [2.24, 2.45) is 0 Å². The zero-order valence-corrected chi connectivity index (χ0v) is 9.91. The number of hydrogen-bond donors (Lipinski definition) is 1. The molecule has 1 aromatic heterocycles. The van der Waals surface area contributed by atoms with Gasteiger partial charge in [0.25, 0.3) is 0 Å². The van der Waals surface area contributed by atoms with E-state index in [-0.39, 0.29) is 5.91 Å². The molecule has 1 N–H and O–H groups in total. The van der Waals surface area contributed by atoms with Crippen molar-refractivity contribution in [3.63, 3.8) is 0 Å². The second-order valence-corrected chi connectivity index (χ2v) is 4.77. The largest absolute Gasteiger partial charge is 0.317 e. The van der Waals surface area contributed by atoms with Gasteiger partial charge in [0.05, 0.1) is 4.47 Å². The van der Waals surface area contributed by atoms with Crippen molar-refractivity contribution in [1.82, 2.24) is 0 Å². The fraction of sp³-hybridized carbons (Fsp3) is 0.100. The maximum atomic E-state index is 10.9. The molecule has 0 saturated heterocycles. The fourth-order valence-electron chi connectivity index (χ4n) is 1.25. The van der Waals surface area contributed by atoms with Crippen LogP contribution in [0.25, 0.3) is 10.1 Å². The van der Waals surface area contributed by atoms with Gasteiger partial charge in [0, 0.05) is 17.0 Å². The summed E-state index contributed by atoms with van der Waals surface area (Å²) >= 11 is 5.05. The Morgan fingerprint density at radius 3 is 2.79 bits per heavy atom. The van der Waals surface area contributed by atoms with Crippen molar-refractivity contribution in [2.75, 3.05) is 5.32 Å². The molecule has 4 heteroatoms. The number of anilines is 1. The molecule has 72 valence electrons. The topological polar surface area (TPSA) is 29.1 Å². The predicted octanol–water partition coefficient (Wildman–Crippen LogP) is 3.62. The van der Waals surface area contributed by atoms with Crippen LogP contribution in [-0.2, 0) is 4.79 Å². The molecule has 0 fully saturated rings. The summed E-state index contributed by atoms with van der Waals surface area (Å²) in [5.41, 5.74) is 0. The van der Waals surface area contributed by atoms with Crippen molar-refractivity contribution in [3.05, 3.63) is 28.7 Å². The molecule has 0 aliphatic rings. The standard InChI is InChI=1S/C10H8BrNOS/c1-6(13)12-10-9(11)7-4-2-3-5-8(7)14-10/h2-5H,1H3,(H,12,13). The molecule has 0 radical (unpaired) electrons. The highest BCUT2D eigenvalue weighted by atomic mass is 79.9. The van der Waals surface area contributed by atoms with Gasteiger partial charge in [-0.1, -0.05) is 18.2 Å². The zero-order chi connectivity index (χ0) is 10.1. The zero-order valence-electron chi connectivity index (χ0n) is 7.50. The van der Waals surface area contributed by atoms with E-state index < -0.39 is 0 Å². The van der Waals surface area contributed by atoms with E-state index in [0.29, 0.717) is 0 Å². The van der Waals surface area contributed by atoms with Crippen LogP contribution in [0.2, 0.25) is 0 Å². The van der Waals surface area contributed by atoms with Gasteiger partial charge in [-0.15, -0.1) is 11.3 Å². The van der Waals surface area contributed by atoms with E-state index in [2.05, 4.69) is 21.2 Å². The molecule has 1 aromatic carbocycles. The average molecular weight is 270 g/mol. The van der Waals surface area contributed by atoms with Gasteiger partial charge in [0.2, 0.25) is 5.91 Å². The molecule has 1 heterocycles. The van der Waals surface area contributed by atoms with Crippen LogP contribution in [0.4, 0.5) is 5.00 Å². The Kier molecular flexibility index (Phi) is 2.56. The van der Waals surface area contributed by atoms with Gasteiger partial charge >= 0.3 is 0 Å². The Bertz CT molecular complexity index is 492. The van der Waals surface area contributed by atoms with Crippen LogP contribution in [0.15, 0.2) is 28.7 Å². The Balaban J connectivity index is 2.57. The predicted molar refractivity (Wildman–Crippen MR) is 63.8 cm³/mol. The lowest BCUT2D eigenvalue weighted by Gasteiger charge is -1.96. The number of nitrogens with one attached hydrogen (secondary N) is 1. The van der Waals surface area contributed by atoms with E-state index in [0.717, 1.165) is 14.9 Å². The van der Waals surface area contributed by atoms with E-state index in [9.17, 15) is 4.79 Å². The number of amides is 1. The smallest absolute Gasteiger partial charge is 0.221 e. The van der Waals surface area contributed by atoms with Crippen molar-refractivity contribution < 1.29 is 4.79 Å². The third-order valence-corrected chi connectivity index (χ3v) is 4.00. The lowest BCUT2D eigenvalue weighted by Crippen LogP contribution is -2.04. The summed E-state index contributed by atoms with van der Waals surface area (Å²) in [6.07, 6.45) is 0. The molecule has 2 rings (SSSR count). The van der Waals surface area contributed by atoms with Gasteiger partial charge in [-0.05, 0) is 22.0 Å². The van der Waals surface area contributed by atoms with Gasteiger partial charge in [0.15, 0.2) is 0 Å². The molecule has 0 bridgehead atoms. The van der Waals surface area contributed by atoms with E-state index in [1.165, 1.54) is 11.6 Å². The SMILES string of the molecule is CC(=O)Nc1sc2ccccc2c1Br. The summed E-state index contributed by atoms with van der Waals surface area (Å²) in [6.45, 7) is 1.51. The summed E-state index contributed by atoms with van der Waals surface area (Å²) < 4.78 is 2.14. The molecule has 0 saturated carbocycles. The minimum atomic E-state index is -0.0442. The number of fused-ring (bicyclic) bond motifs is 1. The number of rotatable bonds is 1. The van der Waals surface area contributed by atoms with Crippen LogP contribution < -0.4 is 5.32 Å². The first-order valence-electron chi connectivity index (χ1n) is 4.13. The molecule has 0 atom stereocenters. The van der Waals surface area contributed by atoms with E-state index in [1.807, 2.05) is 24.3 Å². The van der Waals surface area contributed by atoms with Gasteiger partial charge in [-0.25, -0.2) is 0 Å². The lowest BCUT2D eigenvalue weighted by atomic mass is 10.3. The number of benzene rings is 1. The molecule has 0 unspecified atom stereocenters. The van der Waals surface area contributed by atoms with Crippen molar-refractivity contribution in [3.8, 4) is 0 Å². The number of carbonyl (C=O) groups is 1. The van der Waals surface area contributed by atoms with Crippen molar-refractivity contribution >= 4 is 48.3 Å². The summed E-state index contributed by atoms with van der Waals surface area (Å²) in [4.78, 5) is 10.9. The van der Waals surface area contributed by atoms with E-state index >= 15 is 0 Å². The Labute approximate surface area is 94.1 Å². The van der Waals surface area contributed by atoms with Crippen LogP contribution in [-0.4, -0.2) is 5.91 Å². The number of thiophene rings is 1. The minimum absolute atomic E-state index is 0.0442. The fourth-order valence-corrected chi connectivity index (χ4v) is 3.11. The molecule has 2 aromatic rings. The van der Waals surface area contributed by atoms with Crippen LogP contribution >= 0.6 is 27.3 Å². The summed E-state index contributed by atoms with van der Waals surface area (Å²) in [7, 11) is 0. The molecule has 1 amide bonds. The average Bonchev–Trinajstić information content (AvgIpc) is 2.44. The summed E-state index contributed by atoms with van der Waals surface area (Å²) in [5, 5.41) is 4.81. The highest BCUT2D eigenvalue weighted by molar-refractivity contribution is 9.10. The lowest BCUT2D eigenvalue weighted by molar-refractivity contribution is -0.114. The number of carbonyl (C=O) groups excluding carboxylic acids is 1. The Hall–Kier alpha value is -0.870. The van der Waals surface area contributed by atoms with Gasteiger partial charge in [-0.3, -0.25) is 4.79 Å². The van der Waals surface area contributed by atoms with Crippen LogP contribution in [0.1, 0.15) is 6.92 Å². The Morgan fingerprint density at radius 2 is 2.14 bits per heavy atom. The summed E-state index contributed by atoms with van der Waals surface area (Å²) in [5.74, 6) is -0.0442. The van der Waals surface area contributed by atoms with Crippen LogP contribution in [0.3, 0.4) is 0 Å². The number of hydrogen-bond acceptors (Lipinski definition) is 2. The molecular weight excluding hydrogens is 262 g/mol. The maximum Gasteiger partial charge on any atom is 0.221 e. The second kappa shape index (κ2) is 3.71. The third-order valence-electron chi connectivity index (χ3n) is 1.82. The van der Waals surface area contributed by atoms with E-state index in [1.54, 1.807) is 11.3 Å². The minimum Gasteiger partial charge on any atom is -0.317 e. The van der Waals surface area contributed by atoms with Gasteiger partial charge in [0.1, 0.15) is 5.00 Å². The highest BCUT2D eigenvalue weighted by Gasteiger charge is 2.09. The molecule has 14 heavy (non-hydrogen) atoms. The van der Waals surface area contributed by atoms with E-state index in [4.69, 9.17) is 0 Å². The summed E-state index contributed by atoms with van der Waals surface area (Å²) in [6, 6.07) is 8.04. The molecule has 0 spiro atoms. The monoisotopic (exact) mass is 269 g/mol. The first kappa shape index (κ1) is 9.68. The first-order chi connectivity index (χ1) is 6.68. The van der Waals surface area contributed by atoms with Crippen LogP contribution in [0, 0.1) is 0 Å². The Morgan fingerprint density at radius 1 is 1.43 bits per heavy atom. The first-order valence-corrected chi connectivity index (χ1v) is 5.74. The van der Waals surface area contributed by atoms with Gasteiger partial charge in [-0.2, -0.15) is 0 Å². The molecule has 0 aliphatic heterocycles. The van der Waals surface area contributed by atoms with Crippen molar-refractivity contribution in [2.45, 2.75) is 6.92 Å². The van der Waals surface area contributed by atoms with Crippen LogP contribution in [0.5, 0.6) is 0 Å². The second-order valence-electron chi connectivity index (χ2n) is 2.92. The van der Waals surface area contributed by atoms with Crippen molar-refractivity contribution in [1.29, 1.82) is 0 Å².